The third-order valence-corrected chi connectivity index (χ3v) is 2.43. The number of rotatable bonds is 5. The Morgan fingerprint density at radius 2 is 1.94 bits per heavy atom. The minimum Gasteiger partial charge on any atom is -0.310 e. The average Bonchev–Trinajstić information content (AvgIpc) is 2.24. The van der Waals surface area contributed by atoms with Crippen molar-refractivity contribution in [3.05, 3.63) is 47.5 Å². The van der Waals surface area contributed by atoms with Gasteiger partial charge in [0.25, 0.3) is 0 Å². The van der Waals surface area contributed by atoms with Crippen molar-refractivity contribution in [2.45, 2.75) is 26.3 Å². The first kappa shape index (κ1) is 12.8. The van der Waals surface area contributed by atoms with Gasteiger partial charge >= 0.3 is 0 Å². The summed E-state index contributed by atoms with van der Waals surface area (Å²) >= 11 is 0. The van der Waals surface area contributed by atoms with Gasteiger partial charge in [0.05, 0.1) is 0 Å². The molecule has 0 saturated carbocycles. The van der Waals surface area contributed by atoms with Gasteiger partial charge in [-0.3, -0.25) is 0 Å². The van der Waals surface area contributed by atoms with Crippen molar-refractivity contribution in [3.8, 4) is 0 Å². The summed E-state index contributed by atoms with van der Waals surface area (Å²) in [5, 5.41) is 3.08. The number of allylic oxidation sites excluding steroid dienone is 1. The van der Waals surface area contributed by atoms with E-state index in [0.717, 1.165) is 6.42 Å². The summed E-state index contributed by atoms with van der Waals surface area (Å²) in [6, 6.07) is 3.62. The minimum absolute atomic E-state index is 0.114. The van der Waals surface area contributed by atoms with Gasteiger partial charge in [0, 0.05) is 11.6 Å². The van der Waals surface area contributed by atoms with Crippen LogP contribution in [-0.4, -0.2) is 6.54 Å². The van der Waals surface area contributed by atoms with Gasteiger partial charge in [0.1, 0.15) is 11.6 Å². The molecule has 1 rings (SSSR count). The molecule has 0 fully saturated rings. The fourth-order valence-electron chi connectivity index (χ4n) is 1.58. The Balaban J connectivity index is 2.62. The molecule has 0 bridgehead atoms. The smallest absolute Gasteiger partial charge is 0.130 e. The van der Waals surface area contributed by atoms with Crippen LogP contribution < -0.4 is 5.32 Å². The van der Waals surface area contributed by atoms with Crippen LogP contribution in [0.1, 0.15) is 31.9 Å². The highest BCUT2D eigenvalue weighted by atomic mass is 19.1. The third kappa shape index (κ3) is 3.42. The summed E-state index contributed by atoms with van der Waals surface area (Å²) in [7, 11) is 0. The van der Waals surface area contributed by atoms with Crippen LogP contribution in [0.5, 0.6) is 0 Å². The van der Waals surface area contributed by atoms with Gasteiger partial charge in [-0.2, -0.15) is 0 Å². The molecule has 0 aromatic heterocycles. The molecular formula is C13H17F2N. The predicted molar refractivity (Wildman–Crippen MR) is 62.2 cm³/mol. The van der Waals surface area contributed by atoms with Crippen molar-refractivity contribution in [1.29, 1.82) is 0 Å². The van der Waals surface area contributed by atoms with E-state index in [-0.39, 0.29) is 11.6 Å². The SMILES string of the molecule is C/C=C/CCNC(C)c1c(F)cccc1F. The molecule has 1 N–H and O–H groups in total. The van der Waals surface area contributed by atoms with E-state index < -0.39 is 11.6 Å². The van der Waals surface area contributed by atoms with E-state index in [2.05, 4.69) is 5.32 Å². The van der Waals surface area contributed by atoms with Gasteiger partial charge in [-0.25, -0.2) is 8.78 Å². The summed E-state index contributed by atoms with van der Waals surface area (Å²) in [6.07, 6.45) is 4.82. The molecule has 88 valence electrons. The topological polar surface area (TPSA) is 12.0 Å². The molecule has 1 atom stereocenters. The minimum atomic E-state index is -0.494. The monoisotopic (exact) mass is 225 g/mol. The molecule has 0 radical (unpaired) electrons. The van der Waals surface area contributed by atoms with Crippen LogP contribution in [0.2, 0.25) is 0 Å². The quantitative estimate of drug-likeness (QED) is 0.596. The average molecular weight is 225 g/mol. The molecule has 1 aromatic rings. The predicted octanol–water partition coefficient (Wildman–Crippen LogP) is 3.58. The lowest BCUT2D eigenvalue weighted by atomic mass is 10.1. The van der Waals surface area contributed by atoms with E-state index in [0.29, 0.717) is 6.54 Å². The molecule has 3 heteroatoms. The number of nitrogens with one attached hydrogen (secondary N) is 1. The van der Waals surface area contributed by atoms with Crippen LogP contribution in [-0.2, 0) is 0 Å². The standard InChI is InChI=1S/C13H17F2N/c1-3-4-5-9-16-10(2)13-11(14)7-6-8-12(13)15/h3-4,6-8,10,16H,5,9H2,1-2H3/b4-3+. The Bertz CT molecular complexity index is 341. The maximum absolute atomic E-state index is 13.4. The summed E-state index contributed by atoms with van der Waals surface area (Å²) in [6.45, 7) is 4.41. The van der Waals surface area contributed by atoms with Gasteiger partial charge in [0.2, 0.25) is 0 Å². The van der Waals surface area contributed by atoms with Gasteiger partial charge in [-0.15, -0.1) is 0 Å². The third-order valence-electron chi connectivity index (χ3n) is 2.43. The summed E-state index contributed by atoms with van der Waals surface area (Å²) in [5.74, 6) is -0.989. The lowest BCUT2D eigenvalue weighted by Gasteiger charge is -2.15. The molecule has 0 aliphatic rings. The molecule has 0 aliphatic heterocycles. The fraction of sp³-hybridized carbons (Fsp3) is 0.385. The summed E-state index contributed by atoms with van der Waals surface area (Å²) in [5.41, 5.74) is 0.114. The Kier molecular flexibility index (Phi) is 5.12. The van der Waals surface area contributed by atoms with Crippen molar-refractivity contribution in [1.82, 2.24) is 5.32 Å². The Morgan fingerprint density at radius 1 is 1.31 bits per heavy atom. The van der Waals surface area contributed by atoms with E-state index in [4.69, 9.17) is 0 Å². The van der Waals surface area contributed by atoms with E-state index >= 15 is 0 Å². The maximum Gasteiger partial charge on any atom is 0.130 e. The highest BCUT2D eigenvalue weighted by Gasteiger charge is 2.14. The Labute approximate surface area is 95.2 Å². The van der Waals surface area contributed by atoms with Crippen molar-refractivity contribution < 1.29 is 8.78 Å². The van der Waals surface area contributed by atoms with Crippen LogP contribution in [0.25, 0.3) is 0 Å². The van der Waals surface area contributed by atoms with Crippen LogP contribution in [0.4, 0.5) is 8.78 Å². The van der Waals surface area contributed by atoms with Crippen LogP contribution in [0.15, 0.2) is 30.4 Å². The lowest BCUT2D eigenvalue weighted by molar-refractivity contribution is 0.491. The van der Waals surface area contributed by atoms with Crippen molar-refractivity contribution in [3.63, 3.8) is 0 Å². The zero-order chi connectivity index (χ0) is 12.0. The van der Waals surface area contributed by atoms with Gasteiger partial charge in [-0.05, 0) is 38.9 Å². The fourth-order valence-corrected chi connectivity index (χ4v) is 1.58. The molecule has 0 heterocycles. The molecular weight excluding hydrogens is 208 g/mol. The molecule has 1 unspecified atom stereocenters. The number of benzene rings is 1. The number of hydrogen-bond acceptors (Lipinski definition) is 1. The molecule has 0 spiro atoms. The molecule has 0 aliphatic carbocycles. The Hall–Kier alpha value is -1.22. The largest absolute Gasteiger partial charge is 0.310 e. The molecule has 0 saturated heterocycles. The van der Waals surface area contributed by atoms with Crippen molar-refractivity contribution in [2.75, 3.05) is 6.54 Å². The van der Waals surface area contributed by atoms with Crippen LogP contribution >= 0.6 is 0 Å². The number of halogens is 2. The highest BCUT2D eigenvalue weighted by Crippen LogP contribution is 2.19. The van der Waals surface area contributed by atoms with Crippen molar-refractivity contribution >= 4 is 0 Å². The maximum atomic E-state index is 13.4. The van der Waals surface area contributed by atoms with Crippen molar-refractivity contribution in [2.24, 2.45) is 0 Å². The summed E-state index contributed by atoms with van der Waals surface area (Å²) in [4.78, 5) is 0. The molecule has 1 nitrogen and oxygen atoms in total. The second kappa shape index (κ2) is 6.38. The summed E-state index contributed by atoms with van der Waals surface area (Å²) < 4.78 is 26.8. The lowest BCUT2D eigenvalue weighted by Crippen LogP contribution is -2.21. The first-order valence-corrected chi connectivity index (χ1v) is 5.45. The molecule has 0 amide bonds. The van der Waals surface area contributed by atoms with E-state index in [1.54, 1.807) is 6.92 Å². The normalized spacial score (nSPS) is 13.2. The van der Waals surface area contributed by atoms with Gasteiger partial charge < -0.3 is 5.32 Å². The zero-order valence-electron chi connectivity index (χ0n) is 9.63. The van der Waals surface area contributed by atoms with Gasteiger partial charge in [-0.1, -0.05) is 18.2 Å². The van der Waals surface area contributed by atoms with E-state index in [9.17, 15) is 8.78 Å². The second-order valence-electron chi connectivity index (χ2n) is 3.67. The first-order valence-electron chi connectivity index (χ1n) is 5.45. The molecule has 1 aromatic carbocycles. The van der Waals surface area contributed by atoms with Crippen LogP contribution in [0.3, 0.4) is 0 Å². The Morgan fingerprint density at radius 3 is 2.50 bits per heavy atom. The highest BCUT2D eigenvalue weighted by molar-refractivity contribution is 5.22. The second-order valence-corrected chi connectivity index (χ2v) is 3.67. The number of hydrogen-bond donors (Lipinski definition) is 1. The zero-order valence-corrected chi connectivity index (χ0v) is 9.63. The first-order chi connectivity index (χ1) is 7.66. The van der Waals surface area contributed by atoms with E-state index in [1.807, 2.05) is 19.1 Å². The molecule has 16 heavy (non-hydrogen) atoms. The van der Waals surface area contributed by atoms with Gasteiger partial charge in [0.15, 0.2) is 0 Å². The van der Waals surface area contributed by atoms with Crippen LogP contribution in [0, 0.1) is 11.6 Å². The van der Waals surface area contributed by atoms with E-state index in [1.165, 1.54) is 18.2 Å².